The standard InChI is InChI=1S/C9H14N/c1-2-3-4-5-6-7-8-9-10/h2-3H,1,4-8H2. The molecule has 0 heterocycles. The van der Waals surface area contributed by atoms with Crippen molar-refractivity contribution >= 4 is 0 Å². The molecule has 0 aliphatic carbocycles. The molecule has 0 aromatic rings. The molecular weight excluding hydrogens is 122 g/mol. The molecule has 55 valence electrons. The van der Waals surface area contributed by atoms with Crippen LogP contribution in [0.25, 0.3) is 0 Å². The highest BCUT2D eigenvalue weighted by molar-refractivity contribution is 4.83. The zero-order valence-electron chi connectivity index (χ0n) is 6.34. The molecule has 0 rings (SSSR count). The van der Waals surface area contributed by atoms with Gasteiger partial charge in [0.1, 0.15) is 0 Å². The van der Waals surface area contributed by atoms with E-state index in [1.54, 1.807) is 0 Å². The number of unbranched alkanes of at least 4 members (excludes halogenated alkanes) is 4. The lowest BCUT2D eigenvalue weighted by molar-refractivity contribution is 0.700. The first-order valence-corrected chi connectivity index (χ1v) is 3.73. The molecule has 10 heavy (non-hydrogen) atoms. The molecule has 0 atom stereocenters. The van der Waals surface area contributed by atoms with E-state index in [0.29, 0.717) is 6.42 Å². The van der Waals surface area contributed by atoms with Crippen LogP contribution in [0.4, 0.5) is 0 Å². The normalized spacial score (nSPS) is 10.0. The molecule has 0 aliphatic rings. The summed E-state index contributed by atoms with van der Waals surface area (Å²) in [7, 11) is 0. The van der Waals surface area contributed by atoms with Gasteiger partial charge >= 0.3 is 0 Å². The number of nitrogens with zero attached hydrogens (tertiary/aromatic N) is 1. The topological polar surface area (TPSA) is 23.8 Å². The second kappa shape index (κ2) is 8.23. The van der Waals surface area contributed by atoms with Crippen molar-refractivity contribution < 1.29 is 0 Å². The molecule has 0 amide bonds. The summed E-state index contributed by atoms with van der Waals surface area (Å²) in [6, 6.07) is 2.13. The maximum Gasteiger partial charge on any atom is 0.0621 e. The van der Waals surface area contributed by atoms with E-state index in [4.69, 9.17) is 5.26 Å². The Morgan fingerprint density at radius 2 is 2.10 bits per heavy atom. The molecule has 0 aliphatic heterocycles. The van der Waals surface area contributed by atoms with Gasteiger partial charge in [0.15, 0.2) is 0 Å². The Bertz CT molecular complexity index is 119. The van der Waals surface area contributed by atoms with E-state index < -0.39 is 0 Å². The molecule has 0 aromatic heterocycles. The van der Waals surface area contributed by atoms with Crippen molar-refractivity contribution in [2.75, 3.05) is 0 Å². The first-order chi connectivity index (χ1) is 4.91. The van der Waals surface area contributed by atoms with Crippen LogP contribution in [-0.2, 0) is 0 Å². The lowest BCUT2D eigenvalue weighted by atomic mass is 10.1. The molecule has 1 nitrogen and oxygen atoms in total. The average molecular weight is 136 g/mol. The molecule has 1 radical (unpaired) electrons. The van der Waals surface area contributed by atoms with Gasteiger partial charge in [-0.15, -0.1) is 0 Å². The predicted molar refractivity (Wildman–Crippen MR) is 43.2 cm³/mol. The quantitative estimate of drug-likeness (QED) is 0.533. The van der Waals surface area contributed by atoms with Crippen molar-refractivity contribution in [2.24, 2.45) is 0 Å². The zero-order valence-corrected chi connectivity index (χ0v) is 6.34. The van der Waals surface area contributed by atoms with E-state index >= 15 is 0 Å². The number of rotatable bonds is 5. The summed E-state index contributed by atoms with van der Waals surface area (Å²) in [6.07, 6.45) is 9.09. The minimum Gasteiger partial charge on any atom is -0.198 e. The molecule has 0 unspecified atom stereocenters. The first kappa shape index (κ1) is 9.23. The number of hydrogen-bond donors (Lipinski definition) is 0. The van der Waals surface area contributed by atoms with E-state index in [1.807, 2.05) is 6.08 Å². The smallest absolute Gasteiger partial charge is 0.0621 e. The van der Waals surface area contributed by atoms with Crippen molar-refractivity contribution in [1.29, 1.82) is 5.26 Å². The highest BCUT2D eigenvalue weighted by Gasteiger charge is 1.84. The minimum atomic E-state index is 0.702. The molecule has 0 N–H and O–H groups in total. The summed E-state index contributed by atoms with van der Waals surface area (Å²) in [6.45, 7) is 3.59. The van der Waals surface area contributed by atoms with Crippen LogP contribution in [0, 0.1) is 18.3 Å². The fraction of sp³-hybridized carbons (Fsp3) is 0.556. The van der Waals surface area contributed by atoms with Gasteiger partial charge in [-0.1, -0.05) is 18.6 Å². The van der Waals surface area contributed by atoms with Crippen LogP contribution in [0.1, 0.15) is 32.1 Å². The molecule has 0 aromatic carbocycles. The van der Waals surface area contributed by atoms with Crippen LogP contribution >= 0.6 is 0 Å². The van der Waals surface area contributed by atoms with Crippen LogP contribution in [0.2, 0.25) is 0 Å². The number of hydrogen-bond acceptors (Lipinski definition) is 1. The van der Waals surface area contributed by atoms with Crippen LogP contribution in [0.3, 0.4) is 0 Å². The van der Waals surface area contributed by atoms with E-state index in [-0.39, 0.29) is 0 Å². The van der Waals surface area contributed by atoms with Gasteiger partial charge in [0, 0.05) is 6.42 Å². The minimum absolute atomic E-state index is 0.702. The van der Waals surface area contributed by atoms with Gasteiger partial charge in [0.2, 0.25) is 0 Å². The molecule has 0 spiro atoms. The summed E-state index contributed by atoms with van der Waals surface area (Å²) in [5, 5.41) is 8.19. The largest absolute Gasteiger partial charge is 0.198 e. The van der Waals surface area contributed by atoms with Crippen LogP contribution < -0.4 is 0 Å². The molecule has 0 fully saturated rings. The van der Waals surface area contributed by atoms with Gasteiger partial charge < -0.3 is 0 Å². The second-order valence-electron chi connectivity index (χ2n) is 2.23. The maximum atomic E-state index is 8.19. The molecule has 0 bridgehead atoms. The maximum absolute atomic E-state index is 8.19. The van der Waals surface area contributed by atoms with E-state index in [0.717, 1.165) is 19.3 Å². The van der Waals surface area contributed by atoms with Gasteiger partial charge in [-0.25, -0.2) is 0 Å². The Labute approximate surface area is 63.4 Å². The van der Waals surface area contributed by atoms with Crippen LogP contribution in [0.15, 0.2) is 12.2 Å². The number of nitriles is 1. The highest BCUT2D eigenvalue weighted by atomic mass is 14.2. The van der Waals surface area contributed by atoms with Gasteiger partial charge in [-0.2, -0.15) is 5.26 Å². The molecule has 1 heteroatoms. The predicted octanol–water partition coefficient (Wildman–Crippen LogP) is 2.85. The van der Waals surface area contributed by atoms with E-state index in [9.17, 15) is 0 Å². The summed E-state index contributed by atoms with van der Waals surface area (Å²) in [5.74, 6) is 0. The van der Waals surface area contributed by atoms with Crippen LogP contribution in [-0.4, -0.2) is 0 Å². The van der Waals surface area contributed by atoms with Gasteiger partial charge in [-0.05, 0) is 26.2 Å². The summed E-state index contributed by atoms with van der Waals surface area (Å²) < 4.78 is 0. The summed E-state index contributed by atoms with van der Waals surface area (Å²) in [4.78, 5) is 0. The Morgan fingerprint density at radius 3 is 2.70 bits per heavy atom. The molecule has 0 saturated carbocycles. The van der Waals surface area contributed by atoms with Crippen molar-refractivity contribution in [3.63, 3.8) is 0 Å². The summed E-state index contributed by atoms with van der Waals surface area (Å²) >= 11 is 0. The zero-order chi connectivity index (χ0) is 7.66. The molecular formula is C9H14N. The Morgan fingerprint density at radius 1 is 1.30 bits per heavy atom. The SMILES string of the molecule is [CH2]C=CCCCCCC#N. The molecule has 0 saturated heterocycles. The number of allylic oxidation sites excluding steroid dienone is 2. The third kappa shape index (κ3) is 7.23. The Balaban J connectivity index is 2.85. The Hall–Kier alpha value is -0.770. The summed E-state index contributed by atoms with van der Waals surface area (Å²) in [5.41, 5.74) is 0. The van der Waals surface area contributed by atoms with Crippen molar-refractivity contribution in [3.8, 4) is 6.07 Å². The highest BCUT2D eigenvalue weighted by Crippen LogP contribution is 2.02. The van der Waals surface area contributed by atoms with E-state index in [2.05, 4.69) is 19.1 Å². The van der Waals surface area contributed by atoms with Gasteiger partial charge in [-0.3, -0.25) is 0 Å². The van der Waals surface area contributed by atoms with Crippen molar-refractivity contribution in [2.45, 2.75) is 32.1 Å². The van der Waals surface area contributed by atoms with Crippen molar-refractivity contribution in [1.82, 2.24) is 0 Å². The fourth-order valence-corrected chi connectivity index (χ4v) is 0.761. The third-order valence-electron chi connectivity index (χ3n) is 1.33. The van der Waals surface area contributed by atoms with Crippen LogP contribution in [0.5, 0.6) is 0 Å². The van der Waals surface area contributed by atoms with E-state index in [1.165, 1.54) is 6.42 Å². The second-order valence-corrected chi connectivity index (χ2v) is 2.23. The van der Waals surface area contributed by atoms with Crippen molar-refractivity contribution in [3.05, 3.63) is 19.1 Å². The first-order valence-electron chi connectivity index (χ1n) is 3.73. The van der Waals surface area contributed by atoms with Gasteiger partial charge in [0.05, 0.1) is 6.07 Å². The fourth-order valence-electron chi connectivity index (χ4n) is 0.761. The monoisotopic (exact) mass is 136 g/mol. The lowest BCUT2D eigenvalue weighted by Gasteiger charge is -1.91. The lowest BCUT2D eigenvalue weighted by Crippen LogP contribution is -1.73. The Kier molecular flexibility index (Phi) is 7.60. The van der Waals surface area contributed by atoms with Gasteiger partial charge in [0.25, 0.3) is 0 Å². The average Bonchev–Trinajstić information content (AvgIpc) is 1.97. The third-order valence-corrected chi connectivity index (χ3v) is 1.33.